The Morgan fingerprint density at radius 2 is 2.06 bits per heavy atom. The summed E-state index contributed by atoms with van der Waals surface area (Å²) in [5.41, 5.74) is 0.740. The summed E-state index contributed by atoms with van der Waals surface area (Å²) >= 11 is 0. The molecule has 1 atom stereocenters. The SMILES string of the molecule is CC(NCCCCN(C)C)c1ccc(F)cc1O. The molecule has 0 radical (unpaired) electrons. The van der Waals surface area contributed by atoms with Crippen LogP contribution in [0.2, 0.25) is 0 Å². The lowest BCUT2D eigenvalue weighted by Crippen LogP contribution is -2.21. The van der Waals surface area contributed by atoms with Crippen molar-refractivity contribution in [2.75, 3.05) is 27.2 Å². The van der Waals surface area contributed by atoms with Gasteiger partial charge in [0.25, 0.3) is 0 Å². The smallest absolute Gasteiger partial charge is 0.126 e. The van der Waals surface area contributed by atoms with Gasteiger partial charge in [0.15, 0.2) is 0 Å². The molecule has 0 fully saturated rings. The molecule has 0 heterocycles. The molecule has 1 rings (SSSR count). The first-order valence-corrected chi connectivity index (χ1v) is 6.37. The molecule has 18 heavy (non-hydrogen) atoms. The van der Waals surface area contributed by atoms with Gasteiger partial charge in [0, 0.05) is 17.7 Å². The van der Waals surface area contributed by atoms with Crippen LogP contribution in [0.25, 0.3) is 0 Å². The van der Waals surface area contributed by atoms with Gasteiger partial charge < -0.3 is 15.3 Å². The van der Waals surface area contributed by atoms with Crippen molar-refractivity contribution in [1.29, 1.82) is 0 Å². The van der Waals surface area contributed by atoms with Gasteiger partial charge in [0.05, 0.1) is 0 Å². The third kappa shape index (κ3) is 5.02. The number of nitrogens with zero attached hydrogens (tertiary/aromatic N) is 1. The molecule has 3 nitrogen and oxygen atoms in total. The van der Waals surface area contributed by atoms with Crippen molar-refractivity contribution < 1.29 is 9.50 Å². The molecule has 0 saturated heterocycles. The number of hydrogen-bond acceptors (Lipinski definition) is 3. The number of aromatic hydroxyl groups is 1. The minimum atomic E-state index is -0.408. The van der Waals surface area contributed by atoms with Gasteiger partial charge >= 0.3 is 0 Å². The Hall–Kier alpha value is -1.13. The number of unbranched alkanes of at least 4 members (excludes halogenated alkanes) is 1. The van der Waals surface area contributed by atoms with Gasteiger partial charge in [-0.1, -0.05) is 6.07 Å². The van der Waals surface area contributed by atoms with Crippen molar-refractivity contribution in [1.82, 2.24) is 10.2 Å². The van der Waals surface area contributed by atoms with E-state index in [4.69, 9.17) is 0 Å². The van der Waals surface area contributed by atoms with Gasteiger partial charge in [0.2, 0.25) is 0 Å². The first kappa shape index (κ1) is 14.9. The maximum absolute atomic E-state index is 12.9. The topological polar surface area (TPSA) is 35.5 Å². The third-order valence-corrected chi connectivity index (χ3v) is 2.94. The molecule has 0 aromatic heterocycles. The van der Waals surface area contributed by atoms with Crippen LogP contribution in [0.1, 0.15) is 31.4 Å². The lowest BCUT2D eigenvalue weighted by Gasteiger charge is -2.16. The number of halogens is 1. The standard InChI is InChI=1S/C14H23FN2O/c1-11(16-8-4-5-9-17(2)3)13-7-6-12(15)10-14(13)18/h6-7,10-11,16,18H,4-5,8-9H2,1-3H3. The molecule has 0 aliphatic heterocycles. The number of phenolic OH excluding ortho intramolecular Hbond substituents is 1. The van der Waals surface area contributed by atoms with Gasteiger partial charge in [0.1, 0.15) is 11.6 Å². The van der Waals surface area contributed by atoms with E-state index in [0.29, 0.717) is 0 Å². The summed E-state index contributed by atoms with van der Waals surface area (Å²) in [6, 6.07) is 4.19. The second kappa shape index (κ2) is 7.34. The normalized spacial score (nSPS) is 12.9. The molecular weight excluding hydrogens is 231 g/mol. The number of hydrogen-bond donors (Lipinski definition) is 2. The Bertz CT molecular complexity index is 369. The van der Waals surface area contributed by atoms with E-state index in [9.17, 15) is 9.50 Å². The third-order valence-electron chi connectivity index (χ3n) is 2.94. The lowest BCUT2D eigenvalue weighted by atomic mass is 10.1. The molecule has 1 unspecified atom stereocenters. The van der Waals surface area contributed by atoms with E-state index < -0.39 is 5.82 Å². The van der Waals surface area contributed by atoms with Gasteiger partial charge in [-0.05, 0) is 53.0 Å². The number of rotatable bonds is 7. The highest BCUT2D eigenvalue weighted by molar-refractivity contribution is 5.34. The Labute approximate surface area is 109 Å². The molecule has 0 bridgehead atoms. The van der Waals surface area contributed by atoms with E-state index in [-0.39, 0.29) is 11.8 Å². The van der Waals surface area contributed by atoms with E-state index in [0.717, 1.165) is 37.6 Å². The summed E-state index contributed by atoms with van der Waals surface area (Å²) in [6.45, 7) is 3.95. The molecular formula is C14H23FN2O. The van der Waals surface area contributed by atoms with Crippen molar-refractivity contribution in [2.24, 2.45) is 0 Å². The maximum atomic E-state index is 12.9. The molecule has 1 aromatic carbocycles. The largest absolute Gasteiger partial charge is 0.508 e. The first-order valence-electron chi connectivity index (χ1n) is 6.37. The van der Waals surface area contributed by atoms with Crippen LogP contribution in [0.5, 0.6) is 5.75 Å². The predicted molar refractivity (Wildman–Crippen MR) is 72.3 cm³/mol. The van der Waals surface area contributed by atoms with Crippen molar-refractivity contribution >= 4 is 0 Å². The Morgan fingerprint density at radius 1 is 1.33 bits per heavy atom. The minimum absolute atomic E-state index is 0.0169. The Morgan fingerprint density at radius 3 is 2.67 bits per heavy atom. The first-order chi connectivity index (χ1) is 8.50. The van der Waals surface area contributed by atoms with E-state index in [1.807, 2.05) is 6.92 Å². The van der Waals surface area contributed by atoms with Crippen LogP contribution < -0.4 is 5.32 Å². The summed E-state index contributed by atoms with van der Waals surface area (Å²) < 4.78 is 12.9. The van der Waals surface area contributed by atoms with Crippen LogP contribution in [0.4, 0.5) is 4.39 Å². The average molecular weight is 254 g/mol. The highest BCUT2D eigenvalue weighted by atomic mass is 19.1. The van der Waals surface area contributed by atoms with Crippen LogP contribution in [0, 0.1) is 5.82 Å². The van der Waals surface area contributed by atoms with Gasteiger partial charge in [-0.3, -0.25) is 0 Å². The van der Waals surface area contributed by atoms with E-state index in [2.05, 4.69) is 24.3 Å². The van der Waals surface area contributed by atoms with Crippen molar-refractivity contribution in [3.8, 4) is 5.75 Å². The lowest BCUT2D eigenvalue weighted by molar-refractivity contribution is 0.388. The molecule has 4 heteroatoms. The molecule has 0 amide bonds. The molecule has 0 aliphatic carbocycles. The fourth-order valence-corrected chi connectivity index (χ4v) is 1.86. The van der Waals surface area contributed by atoms with Crippen molar-refractivity contribution in [3.05, 3.63) is 29.6 Å². The average Bonchev–Trinajstić information content (AvgIpc) is 2.27. The molecule has 2 N–H and O–H groups in total. The number of phenols is 1. The number of nitrogens with one attached hydrogen (secondary N) is 1. The summed E-state index contributed by atoms with van der Waals surface area (Å²) in [5, 5.41) is 13.0. The van der Waals surface area contributed by atoms with Gasteiger partial charge in [-0.2, -0.15) is 0 Å². The number of benzene rings is 1. The molecule has 1 aromatic rings. The van der Waals surface area contributed by atoms with Crippen LogP contribution in [0.3, 0.4) is 0 Å². The highest BCUT2D eigenvalue weighted by Crippen LogP contribution is 2.24. The Kier molecular flexibility index (Phi) is 6.09. The summed E-state index contributed by atoms with van der Waals surface area (Å²) in [6.07, 6.45) is 2.23. The zero-order valence-electron chi connectivity index (χ0n) is 11.4. The summed E-state index contributed by atoms with van der Waals surface area (Å²) in [4.78, 5) is 2.16. The molecule has 0 saturated carbocycles. The quantitative estimate of drug-likeness (QED) is 0.734. The zero-order chi connectivity index (χ0) is 13.5. The van der Waals surface area contributed by atoms with Gasteiger partial charge in [-0.25, -0.2) is 4.39 Å². The van der Waals surface area contributed by atoms with E-state index >= 15 is 0 Å². The zero-order valence-corrected chi connectivity index (χ0v) is 11.4. The maximum Gasteiger partial charge on any atom is 0.126 e. The van der Waals surface area contributed by atoms with Crippen LogP contribution in [0.15, 0.2) is 18.2 Å². The van der Waals surface area contributed by atoms with E-state index in [1.54, 1.807) is 6.07 Å². The van der Waals surface area contributed by atoms with Crippen LogP contribution in [-0.4, -0.2) is 37.2 Å². The predicted octanol–water partition coefficient (Wildman–Crippen LogP) is 2.52. The second-order valence-corrected chi connectivity index (χ2v) is 4.89. The summed E-state index contributed by atoms with van der Waals surface area (Å²) in [7, 11) is 4.12. The van der Waals surface area contributed by atoms with E-state index in [1.165, 1.54) is 6.07 Å². The van der Waals surface area contributed by atoms with Crippen molar-refractivity contribution in [2.45, 2.75) is 25.8 Å². The molecule has 102 valence electrons. The van der Waals surface area contributed by atoms with Crippen molar-refractivity contribution in [3.63, 3.8) is 0 Å². The monoisotopic (exact) mass is 254 g/mol. The molecule has 0 aliphatic rings. The fourth-order valence-electron chi connectivity index (χ4n) is 1.86. The van der Waals surface area contributed by atoms with Gasteiger partial charge in [-0.15, -0.1) is 0 Å². The Balaban J connectivity index is 2.34. The highest BCUT2D eigenvalue weighted by Gasteiger charge is 2.10. The van der Waals surface area contributed by atoms with Crippen LogP contribution >= 0.6 is 0 Å². The van der Waals surface area contributed by atoms with Crippen LogP contribution in [-0.2, 0) is 0 Å². The summed E-state index contributed by atoms with van der Waals surface area (Å²) in [5.74, 6) is -0.391. The molecule has 0 spiro atoms. The second-order valence-electron chi connectivity index (χ2n) is 4.89. The minimum Gasteiger partial charge on any atom is -0.508 e. The fraction of sp³-hybridized carbons (Fsp3) is 0.571.